The minimum atomic E-state index is -0.309. The molecule has 0 spiro atoms. The molecule has 0 amide bonds. The van der Waals surface area contributed by atoms with Crippen LogP contribution in [0.25, 0.3) is 22.1 Å². The number of nitrogen functional groups attached to an aromatic ring is 1. The van der Waals surface area contributed by atoms with Crippen molar-refractivity contribution in [1.82, 2.24) is 19.4 Å². The summed E-state index contributed by atoms with van der Waals surface area (Å²) in [5.74, 6) is 0.528. The van der Waals surface area contributed by atoms with Crippen molar-refractivity contribution in [1.29, 1.82) is 0 Å². The van der Waals surface area contributed by atoms with Gasteiger partial charge in [0.25, 0.3) is 5.56 Å². The highest BCUT2D eigenvalue weighted by atomic mass is 16.5. The van der Waals surface area contributed by atoms with Gasteiger partial charge in [-0.15, -0.1) is 0 Å². The van der Waals surface area contributed by atoms with Crippen molar-refractivity contribution in [3.8, 4) is 0 Å². The topological polar surface area (TPSA) is 98.3 Å². The number of aromatic nitrogens is 3. The lowest BCUT2D eigenvalue weighted by Crippen LogP contribution is -2.39. The van der Waals surface area contributed by atoms with E-state index in [2.05, 4.69) is 15.2 Å². The normalized spacial score (nSPS) is 14.8. The first kappa shape index (κ1) is 20.4. The average molecular weight is 431 g/mol. The number of rotatable bonds is 6. The quantitative estimate of drug-likeness (QED) is 0.484. The molecule has 1 aliphatic heterocycles. The lowest BCUT2D eigenvalue weighted by Gasteiger charge is -2.26. The SMILES string of the molecule is Nc1c(NCCN2CCOCC2)c2nc(=O)c3ccccc3nc2n1Cc1ccccc1. The van der Waals surface area contributed by atoms with Crippen LogP contribution in [0.4, 0.5) is 11.5 Å². The maximum absolute atomic E-state index is 12.9. The van der Waals surface area contributed by atoms with E-state index in [4.69, 9.17) is 15.5 Å². The summed E-state index contributed by atoms with van der Waals surface area (Å²) >= 11 is 0. The zero-order valence-corrected chi connectivity index (χ0v) is 17.8. The Kier molecular flexibility index (Phi) is 5.70. The van der Waals surface area contributed by atoms with Crippen LogP contribution in [0, 0.1) is 0 Å². The Bertz CT molecular complexity index is 1300. The number of benzene rings is 2. The van der Waals surface area contributed by atoms with Crippen molar-refractivity contribution in [3.63, 3.8) is 0 Å². The standard InChI is InChI=1S/C24H26N6O2/c25-22-20(26-10-11-29-12-14-32-15-13-29)21-23(30(22)16-17-6-2-1-3-7-17)27-19-9-5-4-8-18(19)24(31)28-21/h1-9,26H,10-16,25H2. The van der Waals surface area contributed by atoms with Crippen LogP contribution in [0.3, 0.4) is 0 Å². The van der Waals surface area contributed by atoms with Gasteiger partial charge in [0.2, 0.25) is 0 Å². The highest BCUT2D eigenvalue weighted by molar-refractivity contribution is 5.96. The van der Waals surface area contributed by atoms with Gasteiger partial charge in [-0.1, -0.05) is 42.5 Å². The van der Waals surface area contributed by atoms with Crippen molar-refractivity contribution in [2.45, 2.75) is 6.54 Å². The van der Waals surface area contributed by atoms with E-state index in [1.54, 1.807) is 6.07 Å². The molecular formula is C24H26N6O2. The summed E-state index contributed by atoms with van der Waals surface area (Å²) in [5, 5.41) is 3.93. The van der Waals surface area contributed by atoms with E-state index in [-0.39, 0.29) is 5.56 Å². The number of nitrogens with two attached hydrogens (primary N) is 1. The summed E-state index contributed by atoms with van der Waals surface area (Å²) < 4.78 is 7.36. The fourth-order valence-corrected chi connectivity index (χ4v) is 4.12. The Morgan fingerprint density at radius 3 is 2.56 bits per heavy atom. The van der Waals surface area contributed by atoms with Crippen molar-refractivity contribution in [2.75, 3.05) is 50.4 Å². The minimum Gasteiger partial charge on any atom is -0.383 e. The minimum absolute atomic E-state index is 0.309. The van der Waals surface area contributed by atoms with Gasteiger partial charge in [0, 0.05) is 26.2 Å². The molecule has 1 fully saturated rings. The predicted octanol–water partition coefficient (Wildman–Crippen LogP) is 2.32. The zero-order valence-electron chi connectivity index (χ0n) is 17.8. The van der Waals surface area contributed by atoms with E-state index in [9.17, 15) is 4.79 Å². The number of fused-ring (bicyclic) bond motifs is 2. The zero-order chi connectivity index (χ0) is 21.9. The number of ether oxygens (including phenoxy) is 1. The van der Waals surface area contributed by atoms with E-state index >= 15 is 0 Å². The molecule has 32 heavy (non-hydrogen) atoms. The monoisotopic (exact) mass is 430 g/mol. The second kappa shape index (κ2) is 8.94. The lowest BCUT2D eigenvalue weighted by atomic mass is 10.2. The van der Waals surface area contributed by atoms with E-state index in [0.717, 1.165) is 38.4 Å². The predicted molar refractivity (Wildman–Crippen MR) is 127 cm³/mol. The Hall–Kier alpha value is -3.49. The molecule has 0 atom stereocenters. The van der Waals surface area contributed by atoms with Crippen LogP contribution < -0.4 is 16.6 Å². The Morgan fingerprint density at radius 2 is 1.75 bits per heavy atom. The third-order valence-electron chi connectivity index (χ3n) is 5.84. The molecule has 1 saturated heterocycles. The summed E-state index contributed by atoms with van der Waals surface area (Å²) in [5.41, 5.74) is 9.75. The molecule has 8 nitrogen and oxygen atoms in total. The molecule has 8 heteroatoms. The van der Waals surface area contributed by atoms with Gasteiger partial charge in [-0.25, -0.2) is 9.97 Å². The van der Waals surface area contributed by atoms with Crippen LogP contribution in [0.1, 0.15) is 5.56 Å². The van der Waals surface area contributed by atoms with Gasteiger partial charge in [-0.3, -0.25) is 9.69 Å². The highest BCUT2D eigenvalue weighted by Gasteiger charge is 2.19. The molecule has 0 unspecified atom stereocenters. The van der Waals surface area contributed by atoms with Crippen LogP contribution >= 0.6 is 0 Å². The number of para-hydroxylation sites is 1. The maximum atomic E-state index is 12.9. The van der Waals surface area contributed by atoms with Gasteiger partial charge in [-0.2, -0.15) is 0 Å². The van der Waals surface area contributed by atoms with Crippen molar-refractivity contribution >= 4 is 33.6 Å². The largest absolute Gasteiger partial charge is 0.383 e. The van der Waals surface area contributed by atoms with E-state index in [1.807, 2.05) is 53.1 Å². The summed E-state index contributed by atoms with van der Waals surface area (Å²) in [6.45, 7) is 5.42. The van der Waals surface area contributed by atoms with Crippen molar-refractivity contribution in [3.05, 3.63) is 70.5 Å². The number of hydrogen-bond acceptors (Lipinski definition) is 7. The van der Waals surface area contributed by atoms with Crippen LogP contribution in [0.15, 0.2) is 59.4 Å². The highest BCUT2D eigenvalue weighted by Crippen LogP contribution is 2.31. The molecule has 1 aliphatic rings. The fourth-order valence-electron chi connectivity index (χ4n) is 4.12. The van der Waals surface area contributed by atoms with E-state index in [1.165, 1.54) is 0 Å². The molecule has 2 aromatic heterocycles. The Balaban J connectivity index is 1.59. The second-order valence-corrected chi connectivity index (χ2v) is 7.93. The van der Waals surface area contributed by atoms with E-state index in [0.29, 0.717) is 46.7 Å². The molecule has 5 rings (SSSR count). The lowest BCUT2D eigenvalue weighted by molar-refractivity contribution is 0.0398. The van der Waals surface area contributed by atoms with Crippen LogP contribution in [0.5, 0.6) is 0 Å². The number of morpholine rings is 1. The first-order valence-corrected chi connectivity index (χ1v) is 10.9. The van der Waals surface area contributed by atoms with Gasteiger partial charge in [0.1, 0.15) is 17.0 Å². The first-order valence-electron chi connectivity index (χ1n) is 10.9. The fraction of sp³-hybridized carbons (Fsp3) is 0.292. The molecule has 0 aliphatic carbocycles. The second-order valence-electron chi connectivity index (χ2n) is 7.93. The average Bonchev–Trinajstić information content (AvgIpc) is 2.96. The number of nitrogens with one attached hydrogen (secondary N) is 1. The summed E-state index contributed by atoms with van der Waals surface area (Å²) in [4.78, 5) is 24.5. The number of anilines is 2. The van der Waals surface area contributed by atoms with Gasteiger partial charge in [0.15, 0.2) is 5.65 Å². The van der Waals surface area contributed by atoms with Crippen LogP contribution in [-0.4, -0.2) is 58.8 Å². The van der Waals surface area contributed by atoms with Gasteiger partial charge < -0.3 is 20.4 Å². The molecule has 0 saturated carbocycles. The molecule has 4 aromatic rings. The van der Waals surface area contributed by atoms with Gasteiger partial charge >= 0.3 is 0 Å². The summed E-state index contributed by atoms with van der Waals surface area (Å²) in [6, 6.07) is 17.4. The first-order chi connectivity index (χ1) is 15.7. The molecule has 3 heterocycles. The third kappa shape index (κ3) is 4.02. The Morgan fingerprint density at radius 1 is 1.00 bits per heavy atom. The van der Waals surface area contributed by atoms with Crippen LogP contribution in [-0.2, 0) is 11.3 Å². The smallest absolute Gasteiger partial charge is 0.279 e. The van der Waals surface area contributed by atoms with Gasteiger partial charge in [0.05, 0.1) is 30.7 Å². The Labute approximate surface area is 185 Å². The molecular weight excluding hydrogens is 404 g/mol. The molecule has 3 N–H and O–H groups in total. The molecule has 164 valence electrons. The number of hydrogen-bond donors (Lipinski definition) is 2. The van der Waals surface area contributed by atoms with Gasteiger partial charge in [-0.05, 0) is 17.7 Å². The maximum Gasteiger partial charge on any atom is 0.279 e. The summed E-state index contributed by atoms with van der Waals surface area (Å²) in [6.07, 6.45) is 0. The van der Waals surface area contributed by atoms with E-state index < -0.39 is 0 Å². The molecule has 2 aromatic carbocycles. The van der Waals surface area contributed by atoms with Crippen LogP contribution in [0.2, 0.25) is 0 Å². The molecule has 0 radical (unpaired) electrons. The van der Waals surface area contributed by atoms with Crippen molar-refractivity contribution < 1.29 is 4.74 Å². The summed E-state index contributed by atoms with van der Waals surface area (Å²) in [7, 11) is 0. The molecule has 0 bridgehead atoms. The number of nitrogens with zero attached hydrogens (tertiary/aromatic N) is 4. The van der Waals surface area contributed by atoms with Crippen molar-refractivity contribution in [2.24, 2.45) is 0 Å². The third-order valence-corrected chi connectivity index (χ3v) is 5.84.